The average Bonchev–Trinajstić information content (AvgIpc) is 2.96. The number of Topliss-reactive ketones (excluding diaryl/α,β-unsaturated/α-hetero) is 1. The van der Waals surface area contributed by atoms with E-state index in [1.165, 1.54) is 24.1 Å². The fraction of sp³-hybridized carbons (Fsp3) is 0.167. The van der Waals surface area contributed by atoms with E-state index in [9.17, 15) is 19.1 Å². The number of hydrogen-bond donors (Lipinski definition) is 1. The van der Waals surface area contributed by atoms with Gasteiger partial charge in [0.1, 0.15) is 11.6 Å². The minimum Gasteiger partial charge on any atom is -0.497 e. The molecule has 152 valence electrons. The number of carbonyl (C=O) groups excluding carboxylic acids is 2. The molecule has 3 aromatic carbocycles. The van der Waals surface area contributed by atoms with Crippen molar-refractivity contribution in [2.45, 2.75) is 18.6 Å². The second kappa shape index (κ2) is 7.72. The number of anilines is 1. The largest absolute Gasteiger partial charge is 0.497 e. The average molecular weight is 405 g/mol. The maximum atomic E-state index is 13.6. The van der Waals surface area contributed by atoms with E-state index in [-0.39, 0.29) is 12.3 Å². The van der Waals surface area contributed by atoms with Gasteiger partial charge in [-0.05, 0) is 35.9 Å². The van der Waals surface area contributed by atoms with Crippen molar-refractivity contribution >= 4 is 17.4 Å². The van der Waals surface area contributed by atoms with Crippen LogP contribution in [0.1, 0.15) is 27.9 Å². The summed E-state index contributed by atoms with van der Waals surface area (Å²) in [5.41, 5.74) is -0.196. The highest BCUT2D eigenvalue weighted by Crippen LogP contribution is 2.43. The van der Waals surface area contributed by atoms with Gasteiger partial charge in [0.25, 0.3) is 5.91 Å². The topological polar surface area (TPSA) is 66.8 Å². The molecular weight excluding hydrogens is 385 g/mol. The van der Waals surface area contributed by atoms with E-state index in [1.807, 2.05) is 0 Å². The lowest BCUT2D eigenvalue weighted by molar-refractivity contribution is -0.136. The minimum atomic E-state index is -2.00. The molecule has 6 heteroatoms. The summed E-state index contributed by atoms with van der Waals surface area (Å²) in [6.07, 6.45) is -0.407. The van der Waals surface area contributed by atoms with Crippen molar-refractivity contribution in [2.24, 2.45) is 0 Å². The first kappa shape index (κ1) is 19.8. The molecule has 0 aromatic heterocycles. The Morgan fingerprint density at radius 2 is 1.83 bits per heavy atom. The van der Waals surface area contributed by atoms with E-state index in [0.29, 0.717) is 28.1 Å². The second-order valence-electron chi connectivity index (χ2n) is 7.23. The molecule has 0 fully saturated rings. The van der Waals surface area contributed by atoms with Gasteiger partial charge in [-0.2, -0.15) is 0 Å². The Kier molecular flexibility index (Phi) is 5.10. The van der Waals surface area contributed by atoms with Crippen LogP contribution in [0.25, 0.3) is 0 Å². The fourth-order valence-corrected chi connectivity index (χ4v) is 3.78. The van der Waals surface area contributed by atoms with E-state index < -0.39 is 23.7 Å². The SMILES string of the molecule is COc1cccc(C(=O)C[C@]2(O)C(=O)N(Cc3cccc(F)c3)c3ccccc32)c1. The fourth-order valence-electron chi connectivity index (χ4n) is 3.78. The molecule has 0 spiro atoms. The van der Waals surface area contributed by atoms with Crippen molar-refractivity contribution in [1.82, 2.24) is 0 Å². The van der Waals surface area contributed by atoms with Crippen LogP contribution in [0.5, 0.6) is 5.75 Å². The highest BCUT2D eigenvalue weighted by molar-refractivity contribution is 6.10. The Morgan fingerprint density at radius 3 is 2.60 bits per heavy atom. The number of nitrogens with zero attached hydrogens (tertiary/aromatic N) is 1. The van der Waals surface area contributed by atoms with Gasteiger partial charge in [0.05, 0.1) is 25.8 Å². The third-order valence-electron chi connectivity index (χ3n) is 5.28. The van der Waals surface area contributed by atoms with Gasteiger partial charge in [-0.25, -0.2) is 4.39 Å². The van der Waals surface area contributed by atoms with Crippen LogP contribution in [0.2, 0.25) is 0 Å². The van der Waals surface area contributed by atoms with Crippen molar-refractivity contribution in [2.75, 3.05) is 12.0 Å². The zero-order valence-electron chi connectivity index (χ0n) is 16.3. The number of ether oxygens (including phenoxy) is 1. The molecule has 4 rings (SSSR count). The Hall–Kier alpha value is -3.51. The standard InChI is InChI=1S/C24H20FNO4/c1-30-19-9-5-7-17(13-19)22(27)14-24(29)20-10-2-3-11-21(20)26(23(24)28)15-16-6-4-8-18(25)12-16/h2-13,29H,14-15H2,1H3/t24-/m1/s1. The van der Waals surface area contributed by atoms with Gasteiger partial charge >= 0.3 is 0 Å². The Morgan fingerprint density at radius 1 is 1.07 bits per heavy atom. The Balaban J connectivity index is 1.67. The summed E-state index contributed by atoms with van der Waals surface area (Å²) >= 11 is 0. The monoisotopic (exact) mass is 405 g/mol. The number of ketones is 1. The normalized spacial score (nSPS) is 17.7. The summed E-state index contributed by atoms with van der Waals surface area (Å²) < 4.78 is 18.8. The second-order valence-corrected chi connectivity index (χ2v) is 7.23. The van der Waals surface area contributed by atoms with Crippen LogP contribution in [0.4, 0.5) is 10.1 Å². The number of halogens is 1. The van der Waals surface area contributed by atoms with Crippen molar-refractivity contribution < 1.29 is 23.8 Å². The van der Waals surface area contributed by atoms with Crippen molar-refractivity contribution in [3.63, 3.8) is 0 Å². The van der Waals surface area contributed by atoms with E-state index in [2.05, 4.69) is 0 Å². The molecule has 1 amide bonds. The predicted molar refractivity (Wildman–Crippen MR) is 110 cm³/mol. The van der Waals surface area contributed by atoms with E-state index in [4.69, 9.17) is 4.74 Å². The third kappa shape index (κ3) is 3.46. The van der Waals surface area contributed by atoms with Gasteiger partial charge in [0.2, 0.25) is 0 Å². The molecule has 0 saturated heterocycles. The molecule has 0 unspecified atom stereocenters. The number of methoxy groups -OCH3 is 1. The van der Waals surface area contributed by atoms with Crippen LogP contribution >= 0.6 is 0 Å². The zero-order valence-corrected chi connectivity index (χ0v) is 16.3. The summed E-state index contributed by atoms with van der Waals surface area (Å²) in [5, 5.41) is 11.4. The third-order valence-corrected chi connectivity index (χ3v) is 5.28. The smallest absolute Gasteiger partial charge is 0.264 e. The van der Waals surface area contributed by atoms with E-state index >= 15 is 0 Å². The first-order valence-electron chi connectivity index (χ1n) is 9.48. The Labute approximate surface area is 173 Å². The zero-order chi connectivity index (χ0) is 21.3. The lowest BCUT2D eigenvalue weighted by atomic mass is 9.88. The maximum Gasteiger partial charge on any atom is 0.264 e. The Bertz CT molecular complexity index is 1130. The molecule has 0 bridgehead atoms. The van der Waals surface area contributed by atoms with Gasteiger partial charge in [0.15, 0.2) is 11.4 Å². The molecule has 0 saturated carbocycles. The summed E-state index contributed by atoms with van der Waals surface area (Å²) in [7, 11) is 1.50. The van der Waals surface area contributed by atoms with Crippen LogP contribution in [0, 0.1) is 5.82 Å². The summed E-state index contributed by atoms with van der Waals surface area (Å²) in [4.78, 5) is 27.6. The van der Waals surface area contributed by atoms with Crippen LogP contribution in [-0.4, -0.2) is 23.9 Å². The minimum absolute atomic E-state index is 0.0866. The molecule has 5 nitrogen and oxygen atoms in total. The molecule has 1 heterocycles. The molecule has 1 aliphatic rings. The highest BCUT2D eigenvalue weighted by Gasteiger charge is 2.50. The molecular formula is C24H20FNO4. The van der Waals surface area contributed by atoms with Crippen molar-refractivity contribution in [3.05, 3.63) is 95.3 Å². The van der Waals surface area contributed by atoms with Gasteiger partial charge < -0.3 is 14.7 Å². The van der Waals surface area contributed by atoms with Crippen LogP contribution < -0.4 is 9.64 Å². The molecule has 30 heavy (non-hydrogen) atoms. The number of benzene rings is 3. The van der Waals surface area contributed by atoms with Gasteiger partial charge in [-0.15, -0.1) is 0 Å². The summed E-state index contributed by atoms with van der Waals surface area (Å²) in [5.74, 6) is -0.883. The number of rotatable bonds is 6. The molecule has 1 aliphatic heterocycles. The maximum absolute atomic E-state index is 13.6. The number of carbonyl (C=O) groups is 2. The first-order chi connectivity index (χ1) is 14.4. The molecule has 3 aromatic rings. The predicted octanol–water partition coefficient (Wildman–Crippen LogP) is 3.84. The number of aliphatic hydroxyl groups is 1. The molecule has 1 N–H and O–H groups in total. The van der Waals surface area contributed by atoms with E-state index in [0.717, 1.165) is 0 Å². The molecule has 0 radical (unpaired) electrons. The van der Waals surface area contributed by atoms with Crippen LogP contribution in [-0.2, 0) is 16.9 Å². The number of amides is 1. The quantitative estimate of drug-likeness (QED) is 0.633. The number of fused-ring (bicyclic) bond motifs is 1. The highest BCUT2D eigenvalue weighted by atomic mass is 19.1. The number of hydrogen-bond acceptors (Lipinski definition) is 4. The van der Waals surface area contributed by atoms with Crippen LogP contribution in [0.3, 0.4) is 0 Å². The van der Waals surface area contributed by atoms with Gasteiger partial charge in [-0.1, -0.05) is 42.5 Å². The van der Waals surface area contributed by atoms with Crippen molar-refractivity contribution in [3.8, 4) is 5.75 Å². The van der Waals surface area contributed by atoms with Crippen LogP contribution in [0.15, 0.2) is 72.8 Å². The van der Waals surface area contributed by atoms with Gasteiger partial charge in [-0.3, -0.25) is 9.59 Å². The first-order valence-corrected chi connectivity index (χ1v) is 9.48. The molecule has 1 atom stereocenters. The summed E-state index contributed by atoms with van der Waals surface area (Å²) in [6, 6.07) is 19.3. The molecule has 0 aliphatic carbocycles. The number of para-hydroxylation sites is 1. The van der Waals surface area contributed by atoms with E-state index in [1.54, 1.807) is 60.7 Å². The lowest BCUT2D eigenvalue weighted by Gasteiger charge is -2.23. The summed E-state index contributed by atoms with van der Waals surface area (Å²) in [6.45, 7) is 0.0866. The van der Waals surface area contributed by atoms with Crippen molar-refractivity contribution in [1.29, 1.82) is 0 Å². The lowest BCUT2D eigenvalue weighted by Crippen LogP contribution is -2.41. The van der Waals surface area contributed by atoms with Gasteiger partial charge in [0, 0.05) is 11.1 Å².